The van der Waals surface area contributed by atoms with Crippen LogP contribution in [0.2, 0.25) is 0 Å². The van der Waals surface area contributed by atoms with Gasteiger partial charge in [0.25, 0.3) is 0 Å². The Morgan fingerprint density at radius 3 is 2.68 bits per heavy atom. The molecule has 0 fully saturated rings. The molecule has 6 heteroatoms. The van der Waals surface area contributed by atoms with Gasteiger partial charge in [-0.15, -0.1) is 0 Å². The molecule has 0 aliphatic heterocycles. The molecule has 5 nitrogen and oxygen atoms in total. The van der Waals surface area contributed by atoms with Crippen molar-refractivity contribution in [2.75, 3.05) is 20.2 Å². The first-order valence-electron chi connectivity index (χ1n) is 8.23. The van der Waals surface area contributed by atoms with Crippen molar-refractivity contribution in [3.05, 3.63) is 65.5 Å². The van der Waals surface area contributed by atoms with E-state index in [2.05, 4.69) is 15.6 Å². The Kier molecular flexibility index (Phi) is 7.72. The van der Waals surface area contributed by atoms with E-state index in [1.165, 1.54) is 6.07 Å². The second-order valence-corrected chi connectivity index (χ2v) is 5.45. The maximum Gasteiger partial charge on any atom is 0.191 e. The van der Waals surface area contributed by atoms with Crippen molar-refractivity contribution < 1.29 is 14.2 Å². The molecular weight excluding hydrogens is 321 g/mol. The predicted molar refractivity (Wildman–Crippen MR) is 97.1 cm³/mol. The van der Waals surface area contributed by atoms with E-state index in [1.807, 2.05) is 30.3 Å². The number of nitrogens with one attached hydrogen (secondary N) is 2. The maximum atomic E-state index is 13.4. The Bertz CT molecular complexity index is 678. The van der Waals surface area contributed by atoms with Crippen LogP contribution in [0.5, 0.6) is 5.75 Å². The summed E-state index contributed by atoms with van der Waals surface area (Å²) in [7, 11) is 1.69. The zero-order chi connectivity index (χ0) is 17.9. The quantitative estimate of drug-likeness (QED) is 0.391. The Morgan fingerprint density at radius 2 is 1.96 bits per heavy atom. The van der Waals surface area contributed by atoms with Gasteiger partial charge in [0.1, 0.15) is 11.6 Å². The summed E-state index contributed by atoms with van der Waals surface area (Å²) in [5.41, 5.74) is 1.17. The number of guanidine groups is 1. The average molecular weight is 345 g/mol. The van der Waals surface area contributed by atoms with E-state index >= 15 is 0 Å². The van der Waals surface area contributed by atoms with Crippen molar-refractivity contribution in [3.8, 4) is 5.75 Å². The van der Waals surface area contributed by atoms with Crippen molar-refractivity contribution in [2.45, 2.75) is 19.6 Å². The minimum Gasteiger partial charge on any atom is -0.494 e. The van der Waals surface area contributed by atoms with Gasteiger partial charge >= 0.3 is 0 Å². The summed E-state index contributed by atoms with van der Waals surface area (Å²) in [4.78, 5) is 4.15. The topological polar surface area (TPSA) is 65.9 Å². The third-order valence-electron chi connectivity index (χ3n) is 3.59. The molecule has 0 aliphatic rings. The molecule has 0 saturated heterocycles. The van der Waals surface area contributed by atoms with Crippen molar-refractivity contribution in [1.29, 1.82) is 0 Å². The lowest BCUT2D eigenvalue weighted by Gasteiger charge is -2.13. The number of hydrogen-bond donors (Lipinski definition) is 3. The van der Waals surface area contributed by atoms with Crippen molar-refractivity contribution in [1.82, 2.24) is 10.6 Å². The molecule has 0 aliphatic carbocycles. The van der Waals surface area contributed by atoms with Gasteiger partial charge in [-0.2, -0.15) is 0 Å². The molecule has 0 bridgehead atoms. The molecule has 2 aromatic carbocycles. The minimum atomic E-state index is -0.396. The number of hydrogen-bond acceptors (Lipinski definition) is 3. The van der Waals surface area contributed by atoms with Crippen molar-refractivity contribution in [3.63, 3.8) is 0 Å². The molecule has 2 rings (SSSR count). The molecule has 134 valence electrons. The van der Waals surface area contributed by atoms with Crippen LogP contribution in [-0.4, -0.2) is 31.3 Å². The number of aliphatic imine (C=N–C) groups is 1. The van der Waals surface area contributed by atoms with Crippen LogP contribution in [0.1, 0.15) is 17.5 Å². The van der Waals surface area contributed by atoms with Gasteiger partial charge in [0.2, 0.25) is 0 Å². The monoisotopic (exact) mass is 345 g/mol. The third-order valence-corrected chi connectivity index (χ3v) is 3.59. The molecular formula is C19H24FN3O2. The number of aliphatic hydroxyl groups is 1. The van der Waals surface area contributed by atoms with E-state index < -0.39 is 5.82 Å². The summed E-state index contributed by atoms with van der Waals surface area (Å²) in [6.45, 7) is 1.52. The first-order chi connectivity index (χ1) is 12.2. The number of ether oxygens (including phenoxy) is 1. The average Bonchev–Trinajstić information content (AvgIpc) is 2.66. The number of halogens is 1. The Morgan fingerprint density at radius 1 is 1.16 bits per heavy atom. The van der Waals surface area contributed by atoms with Crippen LogP contribution < -0.4 is 15.4 Å². The summed E-state index contributed by atoms with van der Waals surface area (Å²) in [5.74, 6) is 1.13. The Hall–Kier alpha value is -2.60. The van der Waals surface area contributed by atoms with Crippen LogP contribution in [0.4, 0.5) is 4.39 Å². The fourth-order valence-corrected chi connectivity index (χ4v) is 2.25. The highest BCUT2D eigenvalue weighted by atomic mass is 19.1. The van der Waals surface area contributed by atoms with Gasteiger partial charge in [0.05, 0.1) is 13.2 Å². The first kappa shape index (κ1) is 18.7. The molecule has 0 saturated carbocycles. The molecule has 0 spiro atoms. The number of para-hydroxylation sites is 1. The Labute approximate surface area is 147 Å². The van der Waals surface area contributed by atoms with E-state index in [0.717, 1.165) is 24.3 Å². The number of benzene rings is 2. The number of rotatable bonds is 8. The van der Waals surface area contributed by atoms with E-state index in [-0.39, 0.29) is 6.61 Å². The number of nitrogens with zero attached hydrogens (tertiary/aromatic N) is 1. The van der Waals surface area contributed by atoms with Crippen LogP contribution in [0.25, 0.3) is 0 Å². The van der Waals surface area contributed by atoms with Gasteiger partial charge in [-0.3, -0.25) is 4.99 Å². The van der Waals surface area contributed by atoms with Crippen LogP contribution >= 0.6 is 0 Å². The maximum absolute atomic E-state index is 13.4. The first-order valence-corrected chi connectivity index (χ1v) is 8.23. The zero-order valence-corrected chi connectivity index (χ0v) is 14.3. The zero-order valence-electron chi connectivity index (χ0n) is 14.3. The highest BCUT2D eigenvalue weighted by molar-refractivity contribution is 5.79. The van der Waals surface area contributed by atoms with Gasteiger partial charge in [-0.25, -0.2) is 4.39 Å². The molecule has 0 amide bonds. The highest BCUT2D eigenvalue weighted by Crippen LogP contribution is 2.10. The third kappa shape index (κ3) is 6.43. The molecule has 0 aromatic heterocycles. The largest absolute Gasteiger partial charge is 0.494 e. The van der Waals surface area contributed by atoms with Crippen LogP contribution in [-0.2, 0) is 13.2 Å². The lowest BCUT2D eigenvalue weighted by Crippen LogP contribution is -2.37. The van der Waals surface area contributed by atoms with Gasteiger partial charge < -0.3 is 20.5 Å². The fraction of sp³-hybridized carbons (Fsp3) is 0.316. The van der Waals surface area contributed by atoms with Gasteiger partial charge in [-0.05, 0) is 36.2 Å². The van der Waals surface area contributed by atoms with Gasteiger partial charge in [-0.1, -0.05) is 24.3 Å². The van der Waals surface area contributed by atoms with Crippen molar-refractivity contribution >= 4 is 5.96 Å². The Balaban J connectivity index is 1.68. The SMILES string of the molecule is CN=C(NCCCOc1ccccc1)NCc1ccc(F)c(CO)c1. The summed E-state index contributed by atoms with van der Waals surface area (Å²) in [5, 5.41) is 15.5. The lowest BCUT2D eigenvalue weighted by molar-refractivity contribution is 0.275. The van der Waals surface area contributed by atoms with Crippen LogP contribution in [0.3, 0.4) is 0 Å². The molecule has 0 heterocycles. The van der Waals surface area contributed by atoms with Crippen LogP contribution in [0, 0.1) is 5.82 Å². The molecule has 3 N–H and O–H groups in total. The fourth-order valence-electron chi connectivity index (χ4n) is 2.25. The van der Waals surface area contributed by atoms with E-state index in [1.54, 1.807) is 19.2 Å². The predicted octanol–water partition coefficient (Wildman–Crippen LogP) is 2.45. The van der Waals surface area contributed by atoms with E-state index in [4.69, 9.17) is 9.84 Å². The van der Waals surface area contributed by atoms with Gasteiger partial charge in [0.15, 0.2) is 5.96 Å². The molecule has 2 aromatic rings. The lowest BCUT2D eigenvalue weighted by atomic mass is 10.1. The second kappa shape index (κ2) is 10.3. The van der Waals surface area contributed by atoms with E-state index in [9.17, 15) is 4.39 Å². The molecule has 0 atom stereocenters. The molecule has 25 heavy (non-hydrogen) atoms. The normalized spacial score (nSPS) is 11.2. The molecule has 0 radical (unpaired) electrons. The highest BCUT2D eigenvalue weighted by Gasteiger charge is 2.03. The summed E-state index contributed by atoms with van der Waals surface area (Å²) < 4.78 is 19.0. The standard InChI is InChI=1S/C19H24FN3O2/c1-21-19(22-10-5-11-25-17-6-3-2-4-7-17)23-13-15-8-9-18(20)16(12-15)14-24/h2-4,6-9,12,24H,5,10-11,13-14H2,1H3,(H2,21,22,23). The minimum absolute atomic E-state index is 0.292. The second-order valence-electron chi connectivity index (χ2n) is 5.45. The summed E-state index contributed by atoms with van der Waals surface area (Å²) in [6.07, 6.45) is 0.834. The van der Waals surface area contributed by atoms with Gasteiger partial charge in [0, 0.05) is 25.7 Å². The van der Waals surface area contributed by atoms with Crippen molar-refractivity contribution in [2.24, 2.45) is 4.99 Å². The van der Waals surface area contributed by atoms with E-state index in [0.29, 0.717) is 24.7 Å². The summed E-state index contributed by atoms with van der Waals surface area (Å²) >= 11 is 0. The summed E-state index contributed by atoms with van der Waals surface area (Å²) in [6, 6.07) is 14.4. The number of aliphatic hydroxyl groups excluding tert-OH is 1. The van der Waals surface area contributed by atoms with Crippen LogP contribution in [0.15, 0.2) is 53.5 Å². The molecule has 0 unspecified atom stereocenters. The smallest absolute Gasteiger partial charge is 0.191 e.